The molecule has 6 rings (SSSR count). The van der Waals surface area contributed by atoms with Crippen LogP contribution in [0.15, 0.2) is 36.4 Å². The van der Waals surface area contributed by atoms with Crippen LogP contribution in [0.1, 0.15) is 83.7 Å². The summed E-state index contributed by atoms with van der Waals surface area (Å²) in [6.45, 7) is 1.88. The van der Waals surface area contributed by atoms with Gasteiger partial charge in [-0.3, -0.25) is 14.4 Å². The second-order valence-electron chi connectivity index (χ2n) is 10.9. The van der Waals surface area contributed by atoms with Crippen LogP contribution >= 0.6 is 0 Å². The molecule has 184 valence electrons. The van der Waals surface area contributed by atoms with Gasteiger partial charge in [-0.2, -0.15) is 0 Å². The van der Waals surface area contributed by atoms with E-state index in [0.29, 0.717) is 42.5 Å². The Morgan fingerprint density at radius 2 is 1.49 bits per heavy atom. The first-order valence-electron chi connectivity index (χ1n) is 12.6. The Morgan fingerprint density at radius 3 is 2.06 bits per heavy atom. The monoisotopic (exact) mass is 475 g/mol. The first-order valence-corrected chi connectivity index (χ1v) is 12.6. The van der Waals surface area contributed by atoms with E-state index < -0.39 is 0 Å². The van der Waals surface area contributed by atoms with Gasteiger partial charge < -0.3 is 16.4 Å². The van der Waals surface area contributed by atoms with Gasteiger partial charge in [-0.05, 0) is 94.4 Å². The highest BCUT2D eigenvalue weighted by atomic mass is 16.2. The highest BCUT2D eigenvalue weighted by Gasteiger charge is 2.58. The molecule has 4 aliphatic carbocycles. The third-order valence-corrected chi connectivity index (χ3v) is 7.83. The summed E-state index contributed by atoms with van der Waals surface area (Å²) in [6.07, 6.45) is 7.18. The maximum absolute atomic E-state index is 13.3. The van der Waals surface area contributed by atoms with Gasteiger partial charge >= 0.3 is 0 Å². The molecule has 0 saturated heterocycles. The van der Waals surface area contributed by atoms with Crippen molar-refractivity contribution in [1.82, 2.24) is 20.6 Å². The largest absolute Gasteiger partial charge is 0.370 e. The summed E-state index contributed by atoms with van der Waals surface area (Å²) in [5.74, 6) is 0.318. The van der Waals surface area contributed by atoms with Crippen LogP contribution in [-0.2, 0) is 11.2 Å². The number of rotatable bonds is 8. The zero-order valence-corrected chi connectivity index (χ0v) is 20.2. The first-order chi connectivity index (χ1) is 16.7. The van der Waals surface area contributed by atoms with E-state index in [2.05, 4.69) is 20.6 Å². The number of hydrogen-bond donors (Lipinski definition) is 3. The number of aromatic nitrogens is 2. The Kier molecular flexibility index (Phi) is 6.07. The predicted octanol–water partition coefficient (Wildman–Crippen LogP) is 2.84. The van der Waals surface area contributed by atoms with Gasteiger partial charge in [0.25, 0.3) is 11.8 Å². The summed E-state index contributed by atoms with van der Waals surface area (Å²) >= 11 is 0. The number of nitrogens with zero attached hydrogens (tertiary/aromatic N) is 2. The van der Waals surface area contributed by atoms with E-state index in [9.17, 15) is 14.4 Å². The lowest BCUT2D eigenvalue weighted by Crippen LogP contribution is -2.70. The van der Waals surface area contributed by atoms with Gasteiger partial charge in [0.2, 0.25) is 5.91 Å². The van der Waals surface area contributed by atoms with Gasteiger partial charge in [-0.1, -0.05) is 12.1 Å². The summed E-state index contributed by atoms with van der Waals surface area (Å²) in [5, 5.41) is 6.69. The van der Waals surface area contributed by atoms with Crippen molar-refractivity contribution >= 4 is 17.7 Å². The smallest absolute Gasteiger partial charge is 0.270 e. The van der Waals surface area contributed by atoms with Crippen molar-refractivity contribution in [2.45, 2.75) is 75.8 Å². The normalized spacial score (nSPS) is 28.5. The molecule has 2 unspecified atom stereocenters. The summed E-state index contributed by atoms with van der Waals surface area (Å²) in [4.78, 5) is 46.4. The lowest BCUT2D eigenvalue weighted by atomic mass is 9.49. The summed E-state index contributed by atoms with van der Waals surface area (Å²) in [5.41, 5.74) is 7.00. The third kappa shape index (κ3) is 5.06. The molecular formula is C27H33N5O3. The van der Waals surface area contributed by atoms with Crippen molar-refractivity contribution in [2.75, 3.05) is 0 Å². The van der Waals surface area contributed by atoms with Gasteiger partial charge in [-0.15, -0.1) is 0 Å². The number of carbonyl (C=O) groups excluding carboxylic acids is 3. The molecule has 0 aromatic carbocycles. The van der Waals surface area contributed by atoms with Crippen LogP contribution in [0.2, 0.25) is 0 Å². The van der Waals surface area contributed by atoms with E-state index >= 15 is 0 Å². The van der Waals surface area contributed by atoms with Crippen molar-refractivity contribution in [1.29, 1.82) is 0 Å². The highest BCUT2D eigenvalue weighted by molar-refractivity contribution is 5.93. The second kappa shape index (κ2) is 9.06. The van der Waals surface area contributed by atoms with Gasteiger partial charge in [0.05, 0.1) is 0 Å². The molecule has 35 heavy (non-hydrogen) atoms. The Labute approximate surface area is 205 Å². The van der Waals surface area contributed by atoms with Crippen molar-refractivity contribution in [3.05, 3.63) is 59.2 Å². The maximum atomic E-state index is 13.3. The van der Waals surface area contributed by atoms with Gasteiger partial charge in [0, 0.05) is 28.9 Å². The van der Waals surface area contributed by atoms with E-state index in [0.717, 1.165) is 49.9 Å². The van der Waals surface area contributed by atoms with Crippen molar-refractivity contribution in [3.63, 3.8) is 0 Å². The van der Waals surface area contributed by atoms with E-state index in [-0.39, 0.29) is 28.8 Å². The number of carbonyl (C=O) groups is 3. The predicted molar refractivity (Wildman–Crippen MR) is 130 cm³/mol. The quantitative estimate of drug-likeness (QED) is 0.541. The van der Waals surface area contributed by atoms with Crippen LogP contribution in [0.4, 0.5) is 0 Å². The number of nitrogens with two attached hydrogens (primary N) is 1. The van der Waals surface area contributed by atoms with Crippen LogP contribution in [0.5, 0.6) is 0 Å². The Hall–Kier alpha value is -3.29. The Balaban J connectivity index is 1.30. The van der Waals surface area contributed by atoms with Crippen molar-refractivity contribution in [3.8, 4) is 0 Å². The summed E-state index contributed by atoms with van der Waals surface area (Å²) < 4.78 is 0. The Morgan fingerprint density at radius 1 is 0.914 bits per heavy atom. The molecule has 0 radical (unpaired) electrons. The SMILES string of the molecule is Cc1cccc(C(=O)NC23CC4CC(C2)CC(NC(=O)c2cccc(CCCC(N)=O)n2)(C4)C3)n1. The van der Waals surface area contributed by atoms with E-state index in [1.165, 1.54) is 0 Å². The standard InChI is InChI=1S/C27H33N5O3/c1-17-5-2-8-21(29-17)24(34)31-26-12-18-11-19(13-26)15-27(14-18,16-26)32-25(35)22-9-3-6-20(30-22)7-4-10-23(28)33/h2-3,5-6,8-9,18-19H,4,7,10-16H2,1H3,(H2,28,33)(H,31,34)(H,32,35). The number of amides is 3. The second-order valence-corrected chi connectivity index (χ2v) is 10.9. The van der Waals surface area contributed by atoms with Crippen LogP contribution in [0.25, 0.3) is 0 Å². The molecule has 8 nitrogen and oxygen atoms in total. The molecule has 4 N–H and O–H groups in total. The van der Waals surface area contributed by atoms with Crippen LogP contribution in [0.3, 0.4) is 0 Å². The molecular weight excluding hydrogens is 442 g/mol. The zero-order valence-electron chi connectivity index (χ0n) is 20.2. The molecule has 8 heteroatoms. The molecule has 2 aromatic rings. The number of aryl methyl sites for hydroxylation is 2. The van der Waals surface area contributed by atoms with Crippen molar-refractivity contribution < 1.29 is 14.4 Å². The fourth-order valence-corrected chi connectivity index (χ4v) is 7.02. The average Bonchev–Trinajstić information content (AvgIpc) is 2.77. The molecule has 4 aliphatic rings. The Bertz CT molecular complexity index is 1150. The maximum Gasteiger partial charge on any atom is 0.270 e. The number of hydrogen-bond acceptors (Lipinski definition) is 5. The molecule has 3 amide bonds. The van der Waals surface area contributed by atoms with Crippen LogP contribution < -0.4 is 16.4 Å². The zero-order chi connectivity index (χ0) is 24.6. The lowest BCUT2D eigenvalue weighted by Gasteiger charge is -2.62. The average molecular weight is 476 g/mol. The van der Waals surface area contributed by atoms with E-state index in [4.69, 9.17) is 5.73 Å². The number of primary amides is 1. The highest BCUT2D eigenvalue weighted by Crippen LogP contribution is 2.57. The lowest BCUT2D eigenvalue weighted by molar-refractivity contribution is -0.118. The molecule has 4 fully saturated rings. The van der Waals surface area contributed by atoms with Crippen LogP contribution in [0, 0.1) is 18.8 Å². The summed E-state index contributed by atoms with van der Waals surface area (Å²) in [6, 6.07) is 10.9. The molecule has 2 heterocycles. The van der Waals surface area contributed by atoms with Crippen molar-refractivity contribution in [2.24, 2.45) is 17.6 Å². The van der Waals surface area contributed by atoms with E-state index in [1.54, 1.807) is 12.1 Å². The van der Waals surface area contributed by atoms with Gasteiger partial charge in [0.1, 0.15) is 11.4 Å². The molecule has 4 saturated carbocycles. The molecule has 0 spiro atoms. The fraction of sp³-hybridized carbons (Fsp3) is 0.519. The van der Waals surface area contributed by atoms with Crippen LogP contribution in [-0.4, -0.2) is 38.8 Å². The topological polar surface area (TPSA) is 127 Å². The summed E-state index contributed by atoms with van der Waals surface area (Å²) in [7, 11) is 0. The molecule has 2 atom stereocenters. The fourth-order valence-electron chi connectivity index (χ4n) is 7.02. The van der Waals surface area contributed by atoms with Gasteiger partial charge in [0.15, 0.2) is 0 Å². The molecule has 4 bridgehead atoms. The number of pyridine rings is 2. The molecule has 0 aliphatic heterocycles. The third-order valence-electron chi connectivity index (χ3n) is 7.83. The minimum atomic E-state index is -0.335. The minimum absolute atomic E-state index is 0.137. The minimum Gasteiger partial charge on any atom is -0.370 e. The first kappa shape index (κ1) is 23.5. The molecule has 2 aromatic heterocycles. The van der Waals surface area contributed by atoms with E-state index in [1.807, 2.05) is 31.2 Å². The number of nitrogens with one attached hydrogen (secondary N) is 2. The van der Waals surface area contributed by atoms with Gasteiger partial charge in [-0.25, -0.2) is 9.97 Å².